The molecule has 0 unspecified atom stereocenters. The first-order chi connectivity index (χ1) is 8.75. The molecule has 2 rings (SSSR count). The predicted molar refractivity (Wildman–Crippen MR) is 73.0 cm³/mol. The lowest BCUT2D eigenvalue weighted by Gasteiger charge is -1.95. The van der Waals surface area contributed by atoms with Gasteiger partial charge in [-0.1, -0.05) is 30.3 Å². The summed E-state index contributed by atoms with van der Waals surface area (Å²) < 4.78 is 4.21. The lowest BCUT2D eigenvalue weighted by molar-refractivity contribution is -0.384. The quantitative estimate of drug-likeness (QED) is 0.363. The van der Waals surface area contributed by atoms with E-state index < -0.39 is 4.92 Å². The van der Waals surface area contributed by atoms with Crippen LogP contribution in [0, 0.1) is 10.1 Å². The molecule has 0 heterocycles. The Morgan fingerprint density at radius 2 is 1.72 bits per heavy atom. The largest absolute Gasteiger partial charge is 0.269 e. The highest BCUT2D eigenvalue weighted by Crippen LogP contribution is 2.21. The summed E-state index contributed by atoms with van der Waals surface area (Å²) in [5.74, 6) is 0. The van der Waals surface area contributed by atoms with Gasteiger partial charge in [0.05, 0.1) is 4.92 Å². The zero-order valence-electron chi connectivity index (χ0n) is 9.39. The molecule has 0 amide bonds. The lowest BCUT2D eigenvalue weighted by Crippen LogP contribution is -1.86. The average molecular weight is 258 g/mol. The smallest absolute Gasteiger partial charge is 0.258 e. The molecule has 0 spiro atoms. The lowest BCUT2D eigenvalue weighted by atomic mass is 10.2. The number of rotatable bonds is 4. The van der Waals surface area contributed by atoms with Gasteiger partial charge in [-0.15, -0.1) is 0 Å². The number of nitro benzene ring substituents is 1. The minimum atomic E-state index is -0.415. The van der Waals surface area contributed by atoms with Crippen LogP contribution < -0.4 is 0 Å². The summed E-state index contributed by atoms with van der Waals surface area (Å²) in [7, 11) is 0. The summed E-state index contributed by atoms with van der Waals surface area (Å²) in [4.78, 5) is 10.9. The molecule has 2 aromatic carbocycles. The highest BCUT2D eigenvalue weighted by Gasteiger charge is 2.03. The van der Waals surface area contributed by atoms with Crippen molar-refractivity contribution in [3.05, 3.63) is 70.3 Å². The van der Waals surface area contributed by atoms with E-state index in [1.807, 2.05) is 30.3 Å². The third kappa shape index (κ3) is 3.43. The van der Waals surface area contributed by atoms with Crippen molar-refractivity contribution in [2.45, 2.75) is 4.90 Å². The van der Waals surface area contributed by atoms with E-state index in [4.69, 9.17) is 0 Å². The molecular formula is C13H10N2O2S. The predicted octanol–water partition coefficient (Wildman–Crippen LogP) is 3.72. The molecule has 0 aliphatic rings. The first kappa shape index (κ1) is 12.3. The van der Waals surface area contributed by atoms with E-state index >= 15 is 0 Å². The van der Waals surface area contributed by atoms with Crippen molar-refractivity contribution in [2.24, 2.45) is 4.40 Å². The maximum atomic E-state index is 10.5. The number of non-ortho nitro benzene ring substituents is 1. The second-order valence-corrected chi connectivity index (χ2v) is 4.35. The van der Waals surface area contributed by atoms with Gasteiger partial charge in [-0.2, -0.15) is 0 Å². The van der Waals surface area contributed by atoms with E-state index in [0.29, 0.717) is 0 Å². The third-order valence-corrected chi connectivity index (χ3v) is 2.90. The molecule has 90 valence electrons. The van der Waals surface area contributed by atoms with Gasteiger partial charge in [0, 0.05) is 35.2 Å². The van der Waals surface area contributed by atoms with Crippen molar-refractivity contribution in [3.8, 4) is 0 Å². The van der Waals surface area contributed by atoms with Crippen molar-refractivity contribution in [3.63, 3.8) is 0 Å². The van der Waals surface area contributed by atoms with Crippen LogP contribution in [0.15, 0.2) is 63.9 Å². The SMILES string of the molecule is O=[N+]([O-])c1ccc(S/N=C/c2ccccc2)cc1. The van der Waals surface area contributed by atoms with E-state index in [2.05, 4.69) is 4.40 Å². The van der Waals surface area contributed by atoms with Crippen molar-refractivity contribution < 1.29 is 4.92 Å². The van der Waals surface area contributed by atoms with Crippen molar-refractivity contribution >= 4 is 23.8 Å². The van der Waals surface area contributed by atoms with Crippen LogP contribution >= 0.6 is 11.9 Å². The summed E-state index contributed by atoms with van der Waals surface area (Å²) in [6.45, 7) is 0. The molecule has 0 saturated carbocycles. The van der Waals surface area contributed by atoms with Crippen LogP contribution in [0.4, 0.5) is 5.69 Å². The number of nitro groups is 1. The van der Waals surface area contributed by atoms with Gasteiger partial charge < -0.3 is 0 Å². The van der Waals surface area contributed by atoms with Gasteiger partial charge in [0.15, 0.2) is 0 Å². The summed E-state index contributed by atoms with van der Waals surface area (Å²) in [6.07, 6.45) is 1.76. The summed E-state index contributed by atoms with van der Waals surface area (Å²) >= 11 is 1.28. The van der Waals surface area contributed by atoms with Gasteiger partial charge in [-0.25, -0.2) is 4.40 Å². The molecule has 0 N–H and O–H groups in total. The van der Waals surface area contributed by atoms with Crippen molar-refractivity contribution in [2.75, 3.05) is 0 Å². The van der Waals surface area contributed by atoms with E-state index in [1.54, 1.807) is 18.3 Å². The Morgan fingerprint density at radius 3 is 2.33 bits per heavy atom. The standard InChI is InChI=1S/C13H10N2O2S/c16-15(17)12-6-8-13(9-7-12)18-14-10-11-4-2-1-3-5-11/h1-10H/b14-10+. The highest BCUT2D eigenvalue weighted by molar-refractivity contribution is 7.98. The highest BCUT2D eigenvalue weighted by atomic mass is 32.2. The molecule has 0 saturated heterocycles. The Balaban J connectivity index is 1.98. The average Bonchev–Trinajstić information content (AvgIpc) is 2.40. The first-order valence-corrected chi connectivity index (χ1v) is 6.03. The van der Waals surface area contributed by atoms with Crippen molar-refractivity contribution in [1.29, 1.82) is 0 Å². The Bertz CT molecular complexity index is 553. The fourth-order valence-corrected chi connectivity index (χ4v) is 1.87. The number of hydrogen-bond acceptors (Lipinski definition) is 4. The zero-order chi connectivity index (χ0) is 12.8. The van der Waals surface area contributed by atoms with Crippen LogP contribution in [0.25, 0.3) is 0 Å². The van der Waals surface area contributed by atoms with E-state index in [-0.39, 0.29) is 5.69 Å². The van der Waals surface area contributed by atoms with Crippen LogP contribution in [0.1, 0.15) is 5.56 Å². The monoisotopic (exact) mass is 258 g/mol. The van der Waals surface area contributed by atoms with Crippen LogP contribution in [0.5, 0.6) is 0 Å². The maximum Gasteiger partial charge on any atom is 0.269 e. The Morgan fingerprint density at radius 1 is 1.06 bits per heavy atom. The molecule has 0 bridgehead atoms. The van der Waals surface area contributed by atoms with E-state index in [0.717, 1.165) is 10.5 Å². The number of hydrogen-bond donors (Lipinski definition) is 0. The van der Waals surface area contributed by atoms with Crippen LogP contribution in [0.3, 0.4) is 0 Å². The molecule has 0 fully saturated rings. The van der Waals surface area contributed by atoms with Gasteiger partial charge in [-0.3, -0.25) is 10.1 Å². The van der Waals surface area contributed by atoms with Gasteiger partial charge in [0.1, 0.15) is 0 Å². The summed E-state index contributed by atoms with van der Waals surface area (Å²) in [5, 5.41) is 10.5. The molecule has 0 radical (unpaired) electrons. The first-order valence-electron chi connectivity index (χ1n) is 5.25. The number of nitrogens with zero attached hydrogens (tertiary/aromatic N) is 2. The topological polar surface area (TPSA) is 55.5 Å². The minimum absolute atomic E-state index is 0.0892. The normalized spacial score (nSPS) is 10.7. The maximum absolute atomic E-state index is 10.5. The van der Waals surface area contributed by atoms with Crippen LogP contribution in [0.2, 0.25) is 0 Å². The summed E-state index contributed by atoms with van der Waals surface area (Å²) in [5.41, 5.74) is 1.11. The number of benzene rings is 2. The molecule has 5 heteroatoms. The van der Waals surface area contributed by atoms with Crippen molar-refractivity contribution in [1.82, 2.24) is 0 Å². The molecule has 0 aliphatic heterocycles. The fourth-order valence-electron chi connectivity index (χ4n) is 1.32. The Hall–Kier alpha value is -2.14. The van der Waals surface area contributed by atoms with Crippen LogP contribution in [-0.4, -0.2) is 11.1 Å². The Labute approximate surface area is 109 Å². The molecule has 18 heavy (non-hydrogen) atoms. The van der Waals surface area contributed by atoms with Gasteiger partial charge in [0.2, 0.25) is 0 Å². The Kier molecular flexibility index (Phi) is 4.09. The molecule has 4 nitrogen and oxygen atoms in total. The summed E-state index contributed by atoms with van der Waals surface area (Å²) in [6, 6.07) is 16.1. The van der Waals surface area contributed by atoms with Crippen LogP contribution in [-0.2, 0) is 0 Å². The molecule has 0 aromatic heterocycles. The van der Waals surface area contributed by atoms with E-state index in [9.17, 15) is 10.1 Å². The molecule has 0 aliphatic carbocycles. The van der Waals surface area contributed by atoms with Gasteiger partial charge in [0.25, 0.3) is 5.69 Å². The fraction of sp³-hybridized carbons (Fsp3) is 0. The second kappa shape index (κ2) is 5.97. The molecule has 0 atom stereocenters. The zero-order valence-corrected chi connectivity index (χ0v) is 10.2. The van der Waals surface area contributed by atoms with E-state index in [1.165, 1.54) is 24.1 Å². The second-order valence-electron chi connectivity index (χ2n) is 3.49. The molecular weight excluding hydrogens is 248 g/mol. The van der Waals surface area contributed by atoms with Gasteiger partial charge in [-0.05, 0) is 17.7 Å². The minimum Gasteiger partial charge on any atom is -0.258 e. The molecule has 2 aromatic rings. The van der Waals surface area contributed by atoms with Gasteiger partial charge >= 0.3 is 0 Å². The third-order valence-electron chi connectivity index (χ3n) is 2.21.